The lowest BCUT2D eigenvalue weighted by molar-refractivity contribution is -0.128. The average molecular weight is 490 g/mol. The first-order chi connectivity index (χ1) is 17.2. The Kier molecular flexibility index (Phi) is 7.00. The van der Waals surface area contributed by atoms with Crippen LogP contribution in [0.5, 0.6) is 5.75 Å². The second-order valence-corrected chi connectivity index (χ2v) is 9.36. The Balaban J connectivity index is 1.83. The van der Waals surface area contributed by atoms with Gasteiger partial charge in [0.15, 0.2) is 0 Å². The van der Waals surface area contributed by atoms with E-state index in [9.17, 15) is 9.59 Å². The first kappa shape index (κ1) is 24.8. The summed E-state index contributed by atoms with van der Waals surface area (Å²) in [5, 5.41) is 11.1. The predicted octanol–water partition coefficient (Wildman–Crippen LogP) is 4.27. The van der Waals surface area contributed by atoms with E-state index in [-0.39, 0.29) is 12.1 Å². The van der Waals surface area contributed by atoms with Crippen LogP contribution in [-0.4, -0.2) is 39.5 Å². The number of halogens is 1. The number of fused-ring (bicyclic) bond motifs is 1. The number of para-hydroxylation sites is 1. The third-order valence-corrected chi connectivity index (χ3v) is 5.53. The molecule has 0 fully saturated rings. The van der Waals surface area contributed by atoms with Gasteiger partial charge in [0, 0.05) is 16.8 Å². The number of ether oxygens (including phenoxy) is 1. The van der Waals surface area contributed by atoms with Gasteiger partial charge in [0.1, 0.15) is 29.7 Å². The van der Waals surface area contributed by atoms with E-state index >= 15 is 4.39 Å². The molecule has 0 aliphatic rings. The number of hydrogen-bond acceptors (Lipinski definition) is 5. The van der Waals surface area contributed by atoms with Gasteiger partial charge in [-0.05, 0) is 63.2 Å². The van der Waals surface area contributed by atoms with Crippen LogP contribution in [0.25, 0.3) is 11.0 Å². The van der Waals surface area contributed by atoms with Crippen LogP contribution in [0.1, 0.15) is 32.4 Å². The number of methoxy groups -OCH3 is 1. The van der Waals surface area contributed by atoms with Crippen LogP contribution in [0.15, 0.2) is 72.8 Å². The Morgan fingerprint density at radius 3 is 2.36 bits per heavy atom. The van der Waals surface area contributed by atoms with Crippen molar-refractivity contribution < 1.29 is 18.7 Å². The molecule has 1 N–H and O–H groups in total. The zero-order valence-electron chi connectivity index (χ0n) is 20.6. The van der Waals surface area contributed by atoms with E-state index in [4.69, 9.17) is 4.74 Å². The number of carbonyl (C=O) groups is 2. The molecule has 4 aromatic rings. The Labute approximate surface area is 208 Å². The van der Waals surface area contributed by atoms with Crippen LogP contribution in [-0.2, 0) is 16.1 Å². The van der Waals surface area contributed by atoms with Crippen LogP contribution >= 0.6 is 0 Å². The molecular formula is C27H28FN5O3. The van der Waals surface area contributed by atoms with Crippen molar-refractivity contribution in [1.29, 1.82) is 0 Å². The molecule has 0 radical (unpaired) electrons. The number of aromatic nitrogens is 3. The lowest BCUT2D eigenvalue weighted by atomic mass is 10.00. The molecule has 0 bridgehead atoms. The summed E-state index contributed by atoms with van der Waals surface area (Å²) in [6, 6.07) is 18.6. The van der Waals surface area contributed by atoms with E-state index in [1.54, 1.807) is 48.5 Å². The Bertz CT molecular complexity index is 1380. The molecule has 0 aliphatic heterocycles. The number of hydrogen-bond donors (Lipinski definition) is 1. The number of nitrogens with one attached hydrogen (secondary N) is 1. The molecule has 4 rings (SSSR count). The van der Waals surface area contributed by atoms with Crippen molar-refractivity contribution in [3.63, 3.8) is 0 Å². The van der Waals surface area contributed by atoms with Crippen molar-refractivity contribution in [2.24, 2.45) is 0 Å². The molecule has 0 saturated carbocycles. The first-order valence-corrected chi connectivity index (χ1v) is 11.5. The zero-order valence-corrected chi connectivity index (χ0v) is 20.6. The standard InChI is InChI=1S/C27H28FN5O3/c1-27(2,3)29-26(35)25(20-9-5-6-10-21(20)28)33(18-13-15-19(36-4)16-14-18)24(34)17-32-23-12-8-7-11-22(23)30-31-32/h5-16,25H,17H2,1-4H3,(H,29,35)/t25-/m0/s1. The van der Waals surface area contributed by atoms with Crippen LogP contribution < -0.4 is 15.0 Å². The second-order valence-electron chi connectivity index (χ2n) is 9.36. The summed E-state index contributed by atoms with van der Waals surface area (Å²) in [5.74, 6) is -0.993. The normalized spacial score (nSPS) is 12.2. The zero-order chi connectivity index (χ0) is 25.9. The van der Waals surface area contributed by atoms with Crippen LogP contribution in [0, 0.1) is 5.82 Å². The monoisotopic (exact) mass is 489 g/mol. The number of amides is 2. The number of rotatable bonds is 7. The van der Waals surface area contributed by atoms with E-state index in [0.717, 1.165) is 0 Å². The maximum absolute atomic E-state index is 15.1. The van der Waals surface area contributed by atoms with Crippen molar-refractivity contribution in [3.05, 3.63) is 84.2 Å². The maximum Gasteiger partial charge on any atom is 0.249 e. The number of nitrogens with zero attached hydrogens (tertiary/aromatic N) is 4. The largest absolute Gasteiger partial charge is 0.497 e. The Morgan fingerprint density at radius 2 is 1.69 bits per heavy atom. The SMILES string of the molecule is COc1ccc(N(C(=O)Cn2nnc3ccccc32)[C@H](C(=O)NC(C)(C)C)c2ccccc2F)cc1. The lowest BCUT2D eigenvalue weighted by Crippen LogP contribution is -2.50. The van der Waals surface area contributed by atoms with Gasteiger partial charge in [-0.2, -0.15) is 0 Å². The molecule has 186 valence electrons. The van der Waals surface area contributed by atoms with Gasteiger partial charge < -0.3 is 10.1 Å². The highest BCUT2D eigenvalue weighted by atomic mass is 19.1. The molecule has 1 aromatic heterocycles. The lowest BCUT2D eigenvalue weighted by Gasteiger charge is -2.34. The third-order valence-electron chi connectivity index (χ3n) is 5.53. The van der Waals surface area contributed by atoms with Gasteiger partial charge >= 0.3 is 0 Å². The summed E-state index contributed by atoms with van der Waals surface area (Å²) in [7, 11) is 1.53. The fourth-order valence-electron chi connectivity index (χ4n) is 3.95. The molecule has 0 aliphatic carbocycles. The van der Waals surface area contributed by atoms with Crippen molar-refractivity contribution in [2.45, 2.75) is 38.9 Å². The van der Waals surface area contributed by atoms with Crippen LogP contribution in [0.3, 0.4) is 0 Å². The molecule has 36 heavy (non-hydrogen) atoms. The summed E-state index contributed by atoms with van der Waals surface area (Å²) in [5.41, 5.74) is 1.17. The topological polar surface area (TPSA) is 89.3 Å². The minimum atomic E-state index is -1.28. The van der Waals surface area contributed by atoms with Crippen molar-refractivity contribution in [3.8, 4) is 5.75 Å². The van der Waals surface area contributed by atoms with Gasteiger partial charge in [-0.15, -0.1) is 5.10 Å². The number of anilines is 1. The van der Waals surface area contributed by atoms with E-state index < -0.39 is 29.2 Å². The maximum atomic E-state index is 15.1. The highest BCUT2D eigenvalue weighted by Gasteiger charge is 2.36. The summed E-state index contributed by atoms with van der Waals surface area (Å²) in [4.78, 5) is 28.8. The number of carbonyl (C=O) groups excluding carboxylic acids is 2. The molecule has 0 spiro atoms. The third kappa shape index (κ3) is 5.35. The second kappa shape index (κ2) is 10.2. The Morgan fingerprint density at radius 1 is 1.03 bits per heavy atom. The van der Waals surface area contributed by atoms with Crippen LogP contribution in [0.2, 0.25) is 0 Å². The van der Waals surface area contributed by atoms with Gasteiger partial charge in [-0.3, -0.25) is 14.5 Å². The molecule has 9 heteroatoms. The van der Waals surface area contributed by atoms with Crippen molar-refractivity contribution in [2.75, 3.05) is 12.0 Å². The molecule has 1 heterocycles. The van der Waals surface area contributed by atoms with E-state index in [1.165, 1.54) is 28.8 Å². The summed E-state index contributed by atoms with van der Waals surface area (Å²) < 4.78 is 21.8. The fraction of sp³-hybridized carbons (Fsp3) is 0.259. The van der Waals surface area contributed by atoms with Gasteiger partial charge in [-0.25, -0.2) is 9.07 Å². The fourth-order valence-corrected chi connectivity index (χ4v) is 3.95. The smallest absolute Gasteiger partial charge is 0.249 e. The Hall–Kier alpha value is -4.27. The van der Waals surface area contributed by atoms with Crippen molar-refractivity contribution in [1.82, 2.24) is 20.3 Å². The quantitative estimate of drug-likeness (QED) is 0.419. The van der Waals surface area contributed by atoms with Crippen LogP contribution in [0.4, 0.5) is 10.1 Å². The molecule has 0 saturated heterocycles. The predicted molar refractivity (Wildman–Crippen MR) is 135 cm³/mol. The summed E-state index contributed by atoms with van der Waals surface area (Å²) in [6.45, 7) is 5.26. The molecule has 2 amide bonds. The summed E-state index contributed by atoms with van der Waals surface area (Å²) in [6.07, 6.45) is 0. The highest BCUT2D eigenvalue weighted by Crippen LogP contribution is 2.32. The van der Waals surface area contributed by atoms with Gasteiger partial charge in [0.05, 0.1) is 12.6 Å². The average Bonchev–Trinajstić information content (AvgIpc) is 3.25. The molecule has 1 atom stereocenters. The highest BCUT2D eigenvalue weighted by molar-refractivity contribution is 6.01. The molecule has 0 unspecified atom stereocenters. The number of benzene rings is 3. The van der Waals surface area contributed by atoms with E-state index in [1.807, 2.05) is 32.9 Å². The van der Waals surface area contributed by atoms with Gasteiger partial charge in [0.25, 0.3) is 0 Å². The van der Waals surface area contributed by atoms with Gasteiger partial charge in [0.2, 0.25) is 11.8 Å². The van der Waals surface area contributed by atoms with Crippen molar-refractivity contribution >= 4 is 28.5 Å². The molecule has 8 nitrogen and oxygen atoms in total. The molecule has 3 aromatic carbocycles. The molecular weight excluding hydrogens is 461 g/mol. The first-order valence-electron chi connectivity index (χ1n) is 11.5. The summed E-state index contributed by atoms with van der Waals surface area (Å²) >= 11 is 0. The van der Waals surface area contributed by atoms with Gasteiger partial charge in [-0.1, -0.05) is 35.5 Å². The van der Waals surface area contributed by atoms with E-state index in [2.05, 4.69) is 15.6 Å². The van der Waals surface area contributed by atoms with E-state index in [0.29, 0.717) is 22.5 Å². The minimum absolute atomic E-state index is 0.0758. The minimum Gasteiger partial charge on any atom is -0.497 e.